The topological polar surface area (TPSA) is 122 Å². The number of anilines is 1. The van der Waals surface area contributed by atoms with Gasteiger partial charge >= 0.3 is 0 Å². The average molecular weight is 407 g/mol. The third-order valence-corrected chi connectivity index (χ3v) is 3.93. The summed E-state index contributed by atoms with van der Waals surface area (Å²) >= 11 is 0. The van der Waals surface area contributed by atoms with Gasteiger partial charge in [0.2, 0.25) is 11.8 Å². The van der Waals surface area contributed by atoms with Gasteiger partial charge in [0.15, 0.2) is 0 Å². The van der Waals surface area contributed by atoms with Crippen LogP contribution < -0.4 is 21.7 Å². The van der Waals surface area contributed by atoms with E-state index in [1.807, 2.05) is 56.3 Å². The molecule has 2 aromatic rings. The van der Waals surface area contributed by atoms with Crippen LogP contribution in [0.2, 0.25) is 0 Å². The van der Waals surface area contributed by atoms with Gasteiger partial charge in [-0.05, 0) is 18.1 Å². The molecular weight excluding hydrogens is 380 g/mol. The Morgan fingerprint density at radius 1 is 1.00 bits per heavy atom. The van der Waals surface area contributed by atoms with Gasteiger partial charge in [0.1, 0.15) is 5.82 Å². The standard InChI is InChI=1S/C19H26N6O2.ClH/c1-13(2)18(20)19(27)23-12-17(26)22-11-10-21-16-9-8-15(24-25-16)14-6-4-3-5-7-14;/h3-9,13,18H,10-12,20H2,1-2H3,(H,21,25)(H,22,26)(H,23,27);1H/t18-;/m0./s1. The summed E-state index contributed by atoms with van der Waals surface area (Å²) in [6, 6.07) is 12.9. The van der Waals surface area contributed by atoms with E-state index in [2.05, 4.69) is 26.1 Å². The van der Waals surface area contributed by atoms with E-state index < -0.39 is 6.04 Å². The fraction of sp³-hybridized carbons (Fsp3) is 0.368. The van der Waals surface area contributed by atoms with Crippen LogP contribution in [0.15, 0.2) is 42.5 Å². The SMILES string of the molecule is CC(C)[C@H](N)C(=O)NCC(=O)NCCNc1ccc(-c2ccccc2)nn1.Cl. The van der Waals surface area contributed by atoms with Gasteiger partial charge in [-0.15, -0.1) is 22.6 Å². The Morgan fingerprint density at radius 2 is 1.71 bits per heavy atom. The van der Waals surface area contributed by atoms with Gasteiger partial charge in [0, 0.05) is 18.7 Å². The summed E-state index contributed by atoms with van der Waals surface area (Å²) in [5, 5.41) is 16.6. The molecule has 8 nitrogen and oxygen atoms in total. The molecule has 1 aromatic heterocycles. The Bertz CT molecular complexity index is 740. The van der Waals surface area contributed by atoms with Gasteiger partial charge in [0.05, 0.1) is 18.3 Å². The van der Waals surface area contributed by atoms with Crippen molar-refractivity contribution < 1.29 is 9.59 Å². The number of aromatic nitrogens is 2. The van der Waals surface area contributed by atoms with Crippen LogP contribution >= 0.6 is 12.4 Å². The largest absolute Gasteiger partial charge is 0.367 e. The zero-order valence-electron chi connectivity index (χ0n) is 16.0. The lowest BCUT2D eigenvalue weighted by molar-refractivity contribution is -0.127. The van der Waals surface area contributed by atoms with Crippen molar-refractivity contribution in [2.24, 2.45) is 11.7 Å². The lowest BCUT2D eigenvalue weighted by atomic mass is 10.1. The molecule has 0 saturated carbocycles. The molecule has 2 rings (SSSR count). The molecule has 1 aromatic carbocycles. The van der Waals surface area contributed by atoms with Gasteiger partial charge < -0.3 is 21.7 Å². The summed E-state index contributed by atoms with van der Waals surface area (Å²) in [7, 11) is 0. The maximum Gasteiger partial charge on any atom is 0.239 e. The van der Waals surface area contributed by atoms with Crippen LogP contribution in [-0.2, 0) is 9.59 Å². The molecule has 9 heteroatoms. The number of rotatable bonds is 9. The normalized spacial score (nSPS) is 11.3. The summed E-state index contributed by atoms with van der Waals surface area (Å²) in [4.78, 5) is 23.4. The van der Waals surface area contributed by atoms with Crippen LogP contribution in [0.25, 0.3) is 11.3 Å². The lowest BCUT2D eigenvalue weighted by Gasteiger charge is -2.15. The number of hydrogen-bond donors (Lipinski definition) is 4. The molecule has 0 bridgehead atoms. The van der Waals surface area contributed by atoms with E-state index in [9.17, 15) is 9.59 Å². The monoisotopic (exact) mass is 406 g/mol. The predicted octanol–water partition coefficient (Wildman–Crippen LogP) is 1.19. The number of nitrogens with two attached hydrogens (primary N) is 1. The van der Waals surface area contributed by atoms with Crippen molar-refractivity contribution in [3.63, 3.8) is 0 Å². The summed E-state index contributed by atoms with van der Waals surface area (Å²) < 4.78 is 0. The number of carbonyl (C=O) groups excluding carboxylic acids is 2. The highest BCUT2D eigenvalue weighted by Gasteiger charge is 2.17. The Labute approximate surface area is 171 Å². The fourth-order valence-corrected chi connectivity index (χ4v) is 2.23. The average Bonchev–Trinajstić information content (AvgIpc) is 2.69. The molecular formula is C19H27ClN6O2. The number of nitrogens with zero attached hydrogens (tertiary/aromatic N) is 2. The van der Waals surface area contributed by atoms with Gasteiger partial charge in [0.25, 0.3) is 0 Å². The van der Waals surface area contributed by atoms with E-state index in [0.29, 0.717) is 18.9 Å². The molecule has 0 saturated heterocycles. The first-order valence-corrected chi connectivity index (χ1v) is 8.90. The number of hydrogen-bond acceptors (Lipinski definition) is 6. The van der Waals surface area contributed by atoms with Crippen molar-refractivity contribution in [1.29, 1.82) is 0 Å². The highest BCUT2D eigenvalue weighted by atomic mass is 35.5. The molecule has 2 amide bonds. The third-order valence-electron chi connectivity index (χ3n) is 3.93. The van der Waals surface area contributed by atoms with E-state index in [1.54, 1.807) is 0 Å². The van der Waals surface area contributed by atoms with Crippen molar-refractivity contribution in [3.05, 3.63) is 42.5 Å². The predicted molar refractivity (Wildman–Crippen MR) is 112 cm³/mol. The Hall–Kier alpha value is -2.71. The number of amides is 2. The van der Waals surface area contributed by atoms with E-state index in [1.165, 1.54) is 0 Å². The minimum absolute atomic E-state index is 0. The molecule has 28 heavy (non-hydrogen) atoms. The molecule has 0 aliphatic heterocycles. The molecule has 0 unspecified atom stereocenters. The quantitative estimate of drug-likeness (QED) is 0.464. The van der Waals surface area contributed by atoms with Crippen LogP contribution in [-0.4, -0.2) is 47.7 Å². The molecule has 0 fully saturated rings. The van der Waals surface area contributed by atoms with Gasteiger partial charge in [-0.25, -0.2) is 0 Å². The smallest absolute Gasteiger partial charge is 0.239 e. The van der Waals surface area contributed by atoms with E-state index in [-0.39, 0.29) is 36.7 Å². The van der Waals surface area contributed by atoms with Gasteiger partial charge in [-0.2, -0.15) is 0 Å². The van der Waals surface area contributed by atoms with Crippen molar-refractivity contribution in [3.8, 4) is 11.3 Å². The first kappa shape index (κ1) is 23.3. The van der Waals surface area contributed by atoms with E-state index in [0.717, 1.165) is 11.3 Å². The lowest BCUT2D eigenvalue weighted by Crippen LogP contribution is -2.47. The second kappa shape index (κ2) is 11.9. The first-order valence-electron chi connectivity index (χ1n) is 8.90. The zero-order valence-corrected chi connectivity index (χ0v) is 16.8. The maximum absolute atomic E-state index is 11.7. The number of carbonyl (C=O) groups is 2. The second-order valence-electron chi connectivity index (χ2n) is 6.43. The molecule has 0 radical (unpaired) electrons. The minimum Gasteiger partial charge on any atom is -0.367 e. The van der Waals surface area contributed by atoms with Crippen molar-refractivity contribution >= 4 is 30.0 Å². The van der Waals surface area contributed by atoms with E-state index in [4.69, 9.17) is 5.73 Å². The maximum atomic E-state index is 11.7. The van der Waals surface area contributed by atoms with Crippen LogP contribution in [0.4, 0.5) is 5.82 Å². The fourth-order valence-electron chi connectivity index (χ4n) is 2.23. The Morgan fingerprint density at radius 3 is 2.32 bits per heavy atom. The van der Waals surface area contributed by atoms with Gasteiger partial charge in [-0.3, -0.25) is 9.59 Å². The highest BCUT2D eigenvalue weighted by molar-refractivity contribution is 5.87. The van der Waals surface area contributed by atoms with Crippen LogP contribution in [0.5, 0.6) is 0 Å². The Balaban J connectivity index is 0.00000392. The van der Waals surface area contributed by atoms with E-state index >= 15 is 0 Å². The molecule has 0 spiro atoms. The minimum atomic E-state index is -0.614. The number of nitrogens with one attached hydrogen (secondary N) is 3. The highest BCUT2D eigenvalue weighted by Crippen LogP contribution is 2.15. The number of benzene rings is 1. The van der Waals surface area contributed by atoms with Crippen molar-refractivity contribution in [2.75, 3.05) is 25.0 Å². The first-order chi connectivity index (χ1) is 13.0. The van der Waals surface area contributed by atoms with Crippen LogP contribution in [0, 0.1) is 5.92 Å². The molecule has 1 atom stereocenters. The Kier molecular flexibility index (Phi) is 9.91. The summed E-state index contributed by atoms with van der Waals surface area (Å²) in [5.74, 6) is 0.0467. The summed E-state index contributed by atoms with van der Waals surface area (Å²) in [5.41, 5.74) is 7.51. The molecule has 5 N–H and O–H groups in total. The molecule has 152 valence electrons. The van der Waals surface area contributed by atoms with Gasteiger partial charge in [-0.1, -0.05) is 44.2 Å². The zero-order chi connectivity index (χ0) is 19.6. The van der Waals surface area contributed by atoms with Crippen molar-refractivity contribution in [2.45, 2.75) is 19.9 Å². The molecule has 0 aliphatic rings. The van der Waals surface area contributed by atoms with Crippen molar-refractivity contribution in [1.82, 2.24) is 20.8 Å². The second-order valence-corrected chi connectivity index (χ2v) is 6.43. The summed E-state index contributed by atoms with van der Waals surface area (Å²) in [6.07, 6.45) is 0. The molecule has 0 aliphatic carbocycles. The van der Waals surface area contributed by atoms with Crippen LogP contribution in [0.3, 0.4) is 0 Å². The molecule has 1 heterocycles. The van der Waals surface area contributed by atoms with Crippen LogP contribution in [0.1, 0.15) is 13.8 Å². The third kappa shape index (κ3) is 7.50. The number of halogens is 1. The summed E-state index contributed by atoms with van der Waals surface area (Å²) in [6.45, 7) is 4.50.